The largest absolute Gasteiger partial charge is 0.356 e. The summed E-state index contributed by atoms with van der Waals surface area (Å²) in [6.07, 6.45) is 3.28. The highest BCUT2D eigenvalue weighted by atomic mass is 35.5. The topological polar surface area (TPSA) is 75.4 Å². The van der Waals surface area contributed by atoms with Crippen molar-refractivity contribution in [2.24, 2.45) is 0 Å². The maximum atomic E-state index is 13.6. The molecule has 31 heavy (non-hydrogen) atoms. The second-order valence-corrected chi connectivity index (χ2v) is 8.28. The fourth-order valence-electron chi connectivity index (χ4n) is 3.79. The zero-order valence-corrected chi connectivity index (χ0v) is 18.6. The summed E-state index contributed by atoms with van der Waals surface area (Å²) in [7, 11) is 3.72. The third kappa shape index (κ3) is 3.87. The predicted octanol–water partition coefficient (Wildman–Crippen LogP) is 4.58. The molecule has 0 bridgehead atoms. The van der Waals surface area contributed by atoms with E-state index in [4.69, 9.17) is 21.1 Å². The molecule has 1 aliphatic rings. The van der Waals surface area contributed by atoms with Crippen LogP contribution in [0.25, 0.3) is 11.3 Å². The van der Waals surface area contributed by atoms with Gasteiger partial charge in [0, 0.05) is 38.0 Å². The summed E-state index contributed by atoms with van der Waals surface area (Å²) in [4.78, 5) is 26.1. The molecule has 0 saturated carbocycles. The molecule has 3 aromatic rings. The van der Waals surface area contributed by atoms with Gasteiger partial charge in [-0.25, -0.2) is 14.4 Å². The van der Waals surface area contributed by atoms with Crippen LogP contribution < -0.4 is 4.90 Å². The Morgan fingerprint density at radius 2 is 2.10 bits per heavy atom. The Kier molecular flexibility index (Phi) is 5.66. The summed E-state index contributed by atoms with van der Waals surface area (Å²) >= 11 is 5.91. The molecular weight excluding hydrogens is 421 g/mol. The second-order valence-electron chi connectivity index (χ2n) is 7.87. The molecule has 162 valence electrons. The Hall–Kier alpha value is -3.00. The minimum Gasteiger partial charge on any atom is -0.356 e. The van der Waals surface area contributed by atoms with Crippen LogP contribution in [0.15, 0.2) is 28.9 Å². The van der Waals surface area contributed by atoms with Crippen molar-refractivity contribution in [3.63, 3.8) is 0 Å². The molecule has 0 spiro atoms. The summed E-state index contributed by atoms with van der Waals surface area (Å²) in [6, 6.07) is 3.75. The van der Waals surface area contributed by atoms with Gasteiger partial charge in [-0.2, -0.15) is 0 Å². The van der Waals surface area contributed by atoms with Crippen molar-refractivity contribution in [1.29, 1.82) is 0 Å². The van der Waals surface area contributed by atoms with E-state index in [0.29, 0.717) is 35.1 Å². The van der Waals surface area contributed by atoms with Crippen LogP contribution in [0.4, 0.5) is 10.3 Å². The van der Waals surface area contributed by atoms with Crippen molar-refractivity contribution in [1.82, 2.24) is 20.0 Å². The van der Waals surface area contributed by atoms with Gasteiger partial charge < -0.3 is 14.3 Å². The molecule has 1 fully saturated rings. The SMILES string of the molecule is Cc1noc(-c2cnc(N(C)C)nc2[C@H]2CCCN2C(=O)c2ccc(F)c(Cl)c2)c1C. The van der Waals surface area contributed by atoms with E-state index in [1.165, 1.54) is 18.2 Å². The third-order valence-corrected chi connectivity index (χ3v) is 5.89. The predicted molar refractivity (Wildman–Crippen MR) is 116 cm³/mol. The van der Waals surface area contributed by atoms with E-state index in [1.807, 2.05) is 32.8 Å². The number of rotatable bonds is 4. The lowest BCUT2D eigenvalue weighted by molar-refractivity contribution is 0.0733. The van der Waals surface area contributed by atoms with Gasteiger partial charge in [0.15, 0.2) is 5.76 Å². The van der Waals surface area contributed by atoms with Gasteiger partial charge >= 0.3 is 0 Å². The Bertz CT molecular complexity index is 1150. The van der Waals surface area contributed by atoms with Crippen molar-refractivity contribution >= 4 is 23.5 Å². The van der Waals surface area contributed by atoms with E-state index in [0.717, 1.165) is 24.1 Å². The van der Waals surface area contributed by atoms with Crippen LogP contribution in [0.1, 0.15) is 46.2 Å². The Morgan fingerprint density at radius 1 is 1.32 bits per heavy atom. The number of benzene rings is 1. The van der Waals surface area contributed by atoms with Crippen LogP contribution in [0.3, 0.4) is 0 Å². The first-order chi connectivity index (χ1) is 14.8. The molecule has 9 heteroatoms. The minimum atomic E-state index is -0.555. The van der Waals surface area contributed by atoms with Crippen LogP contribution in [0.5, 0.6) is 0 Å². The second kappa shape index (κ2) is 8.26. The van der Waals surface area contributed by atoms with E-state index in [-0.39, 0.29) is 17.0 Å². The van der Waals surface area contributed by atoms with Crippen molar-refractivity contribution < 1.29 is 13.7 Å². The molecule has 4 rings (SSSR count). The molecule has 1 amide bonds. The number of anilines is 1. The fourth-order valence-corrected chi connectivity index (χ4v) is 3.97. The Labute approximate surface area is 184 Å². The molecule has 1 aromatic carbocycles. The highest BCUT2D eigenvalue weighted by Gasteiger charge is 2.35. The zero-order chi connectivity index (χ0) is 22.3. The smallest absolute Gasteiger partial charge is 0.254 e. The first-order valence-electron chi connectivity index (χ1n) is 10.0. The maximum absolute atomic E-state index is 13.6. The van der Waals surface area contributed by atoms with E-state index in [9.17, 15) is 9.18 Å². The normalized spacial score (nSPS) is 16.1. The quantitative estimate of drug-likeness (QED) is 0.587. The first kappa shape index (κ1) is 21.2. The average Bonchev–Trinajstić information content (AvgIpc) is 3.36. The maximum Gasteiger partial charge on any atom is 0.254 e. The standard InChI is InChI=1S/C22H23ClFN5O2/c1-12-13(2)27-31-20(12)15-11-25-22(28(3)4)26-19(15)18-6-5-9-29(18)21(30)14-7-8-17(24)16(23)10-14/h7-8,10-11,18H,5-6,9H2,1-4H3/t18-/m1/s1. The summed E-state index contributed by atoms with van der Waals surface area (Å²) in [6.45, 7) is 4.37. The number of carbonyl (C=O) groups is 1. The van der Waals surface area contributed by atoms with Crippen LogP contribution in [-0.2, 0) is 0 Å². The molecule has 1 saturated heterocycles. The minimum absolute atomic E-state index is 0.0769. The number of hydrogen-bond donors (Lipinski definition) is 0. The Balaban J connectivity index is 1.79. The highest BCUT2D eigenvalue weighted by molar-refractivity contribution is 6.31. The first-order valence-corrected chi connectivity index (χ1v) is 10.4. The molecule has 2 aromatic heterocycles. The van der Waals surface area contributed by atoms with Crippen LogP contribution in [-0.4, -0.2) is 46.6 Å². The molecule has 1 aliphatic heterocycles. The zero-order valence-electron chi connectivity index (χ0n) is 17.8. The molecule has 0 unspecified atom stereocenters. The number of likely N-dealkylation sites (tertiary alicyclic amines) is 1. The molecule has 7 nitrogen and oxygen atoms in total. The van der Waals surface area contributed by atoms with E-state index in [2.05, 4.69) is 10.1 Å². The van der Waals surface area contributed by atoms with E-state index < -0.39 is 5.82 Å². The van der Waals surface area contributed by atoms with Gasteiger partial charge in [-0.1, -0.05) is 16.8 Å². The monoisotopic (exact) mass is 443 g/mol. The van der Waals surface area contributed by atoms with E-state index in [1.54, 1.807) is 11.1 Å². The number of amides is 1. The number of carbonyl (C=O) groups excluding carboxylic acids is 1. The van der Waals surface area contributed by atoms with Gasteiger partial charge in [0.05, 0.1) is 28.0 Å². The molecule has 0 N–H and O–H groups in total. The van der Waals surface area contributed by atoms with Crippen molar-refractivity contribution in [2.75, 3.05) is 25.5 Å². The number of nitrogens with zero attached hydrogens (tertiary/aromatic N) is 5. The van der Waals surface area contributed by atoms with Crippen LogP contribution in [0.2, 0.25) is 5.02 Å². The van der Waals surface area contributed by atoms with Crippen molar-refractivity contribution in [2.45, 2.75) is 32.7 Å². The van der Waals surface area contributed by atoms with Crippen molar-refractivity contribution in [3.05, 3.63) is 57.8 Å². The number of halogens is 2. The van der Waals surface area contributed by atoms with Gasteiger partial charge in [-0.3, -0.25) is 4.79 Å². The Morgan fingerprint density at radius 3 is 2.74 bits per heavy atom. The fraction of sp³-hybridized carbons (Fsp3) is 0.364. The van der Waals surface area contributed by atoms with Crippen LogP contribution >= 0.6 is 11.6 Å². The van der Waals surface area contributed by atoms with Crippen molar-refractivity contribution in [3.8, 4) is 11.3 Å². The summed E-state index contributed by atoms with van der Waals surface area (Å²) < 4.78 is 19.2. The third-order valence-electron chi connectivity index (χ3n) is 5.60. The number of aryl methyl sites for hydroxylation is 1. The molecule has 3 heterocycles. The lowest BCUT2D eigenvalue weighted by atomic mass is 10.0. The van der Waals surface area contributed by atoms with Gasteiger partial charge in [-0.05, 0) is 44.9 Å². The van der Waals surface area contributed by atoms with Gasteiger partial charge in [0.2, 0.25) is 5.95 Å². The molecule has 0 aliphatic carbocycles. The highest BCUT2D eigenvalue weighted by Crippen LogP contribution is 2.39. The lowest BCUT2D eigenvalue weighted by Crippen LogP contribution is -2.31. The number of aromatic nitrogens is 3. The van der Waals surface area contributed by atoms with Gasteiger partial charge in [0.25, 0.3) is 5.91 Å². The lowest BCUT2D eigenvalue weighted by Gasteiger charge is -2.26. The summed E-state index contributed by atoms with van der Waals surface area (Å²) in [5.41, 5.74) is 3.46. The summed E-state index contributed by atoms with van der Waals surface area (Å²) in [5.74, 6) is 0.366. The number of hydrogen-bond acceptors (Lipinski definition) is 6. The molecule has 1 atom stereocenters. The average molecular weight is 444 g/mol. The van der Waals surface area contributed by atoms with Crippen LogP contribution in [0, 0.1) is 19.7 Å². The van der Waals surface area contributed by atoms with E-state index >= 15 is 0 Å². The molecule has 0 radical (unpaired) electrons. The molecular formula is C22H23ClFN5O2. The van der Waals surface area contributed by atoms with Gasteiger partial charge in [0.1, 0.15) is 5.82 Å². The summed E-state index contributed by atoms with van der Waals surface area (Å²) in [5, 5.41) is 3.99. The van der Waals surface area contributed by atoms with Gasteiger partial charge in [-0.15, -0.1) is 0 Å².